The molecular weight excluding hydrogens is 312 g/mol. The predicted molar refractivity (Wildman–Crippen MR) is 92.0 cm³/mol. The maximum Gasteiger partial charge on any atom is 0.240 e. The van der Waals surface area contributed by atoms with Gasteiger partial charge in [0.25, 0.3) is 0 Å². The average molecular weight is 340 g/mol. The van der Waals surface area contributed by atoms with Crippen LogP contribution >= 0.6 is 0 Å². The largest absolute Gasteiger partial charge is 0.379 e. The van der Waals surface area contributed by atoms with Gasteiger partial charge in [-0.3, -0.25) is 4.90 Å². The molecule has 0 saturated carbocycles. The molecule has 0 aliphatic carbocycles. The highest BCUT2D eigenvalue weighted by Gasteiger charge is 2.24. The van der Waals surface area contributed by atoms with E-state index in [1.54, 1.807) is 12.1 Å². The summed E-state index contributed by atoms with van der Waals surface area (Å²) in [5.41, 5.74) is 0.770. The molecule has 1 aliphatic rings. The molecular formula is C17H28N2O3S. The van der Waals surface area contributed by atoms with E-state index in [-0.39, 0.29) is 6.04 Å². The summed E-state index contributed by atoms with van der Waals surface area (Å²) < 4.78 is 33.4. The number of sulfonamides is 1. The van der Waals surface area contributed by atoms with Crippen molar-refractivity contribution in [2.24, 2.45) is 5.92 Å². The molecule has 2 rings (SSSR count). The van der Waals surface area contributed by atoms with E-state index in [1.807, 2.05) is 19.1 Å². The minimum Gasteiger partial charge on any atom is -0.379 e. The SMILES string of the molecule is Cc1ccccc1S(=O)(=O)NCC(CC(C)C)N1CCOCC1. The van der Waals surface area contributed by atoms with Gasteiger partial charge in [-0.25, -0.2) is 13.1 Å². The number of hydrogen-bond acceptors (Lipinski definition) is 4. The van der Waals surface area contributed by atoms with E-state index in [2.05, 4.69) is 23.5 Å². The van der Waals surface area contributed by atoms with Crippen LogP contribution in [-0.4, -0.2) is 52.2 Å². The monoisotopic (exact) mass is 340 g/mol. The number of ether oxygens (including phenoxy) is 1. The van der Waals surface area contributed by atoms with Gasteiger partial charge in [-0.05, 0) is 30.9 Å². The molecule has 0 amide bonds. The highest BCUT2D eigenvalue weighted by atomic mass is 32.2. The summed E-state index contributed by atoms with van der Waals surface area (Å²) in [4.78, 5) is 2.70. The predicted octanol–water partition coefficient (Wildman–Crippen LogP) is 2.02. The summed E-state index contributed by atoms with van der Waals surface area (Å²) >= 11 is 0. The van der Waals surface area contributed by atoms with Crippen LogP contribution in [0.2, 0.25) is 0 Å². The number of nitrogens with one attached hydrogen (secondary N) is 1. The number of rotatable bonds is 7. The Hall–Kier alpha value is -0.950. The van der Waals surface area contributed by atoms with Gasteiger partial charge in [0, 0.05) is 25.7 Å². The van der Waals surface area contributed by atoms with Crippen LogP contribution in [0, 0.1) is 12.8 Å². The van der Waals surface area contributed by atoms with Crippen LogP contribution < -0.4 is 4.72 Å². The van der Waals surface area contributed by atoms with Crippen molar-refractivity contribution < 1.29 is 13.2 Å². The third-order valence-electron chi connectivity index (χ3n) is 4.20. The molecule has 1 aromatic rings. The summed E-state index contributed by atoms with van der Waals surface area (Å²) in [5, 5.41) is 0. The molecule has 1 heterocycles. The molecule has 1 atom stereocenters. The smallest absolute Gasteiger partial charge is 0.240 e. The van der Waals surface area contributed by atoms with E-state index >= 15 is 0 Å². The molecule has 1 aliphatic heterocycles. The Labute approximate surface area is 140 Å². The molecule has 1 aromatic carbocycles. The fourth-order valence-electron chi connectivity index (χ4n) is 2.99. The summed E-state index contributed by atoms with van der Waals surface area (Å²) in [5.74, 6) is 0.519. The average Bonchev–Trinajstić information content (AvgIpc) is 2.52. The second kappa shape index (κ2) is 8.24. The van der Waals surface area contributed by atoms with Crippen molar-refractivity contribution >= 4 is 10.0 Å². The fraction of sp³-hybridized carbons (Fsp3) is 0.647. The minimum atomic E-state index is -3.47. The van der Waals surface area contributed by atoms with E-state index in [4.69, 9.17) is 4.74 Å². The van der Waals surface area contributed by atoms with Gasteiger partial charge in [-0.2, -0.15) is 0 Å². The van der Waals surface area contributed by atoms with Gasteiger partial charge in [0.1, 0.15) is 0 Å². The van der Waals surface area contributed by atoms with Crippen LogP contribution in [-0.2, 0) is 14.8 Å². The first-order valence-electron chi connectivity index (χ1n) is 8.27. The molecule has 0 radical (unpaired) electrons. The first-order chi connectivity index (χ1) is 10.9. The van der Waals surface area contributed by atoms with Crippen molar-refractivity contribution in [1.82, 2.24) is 9.62 Å². The maximum absolute atomic E-state index is 12.6. The normalized spacial score (nSPS) is 18.3. The molecule has 130 valence electrons. The molecule has 23 heavy (non-hydrogen) atoms. The van der Waals surface area contributed by atoms with Crippen molar-refractivity contribution in [2.45, 2.75) is 38.1 Å². The zero-order valence-electron chi connectivity index (χ0n) is 14.3. The van der Waals surface area contributed by atoms with Gasteiger partial charge >= 0.3 is 0 Å². The van der Waals surface area contributed by atoms with Gasteiger partial charge in [-0.1, -0.05) is 32.0 Å². The van der Waals surface area contributed by atoms with Gasteiger partial charge in [0.05, 0.1) is 18.1 Å². The van der Waals surface area contributed by atoms with Gasteiger partial charge in [-0.15, -0.1) is 0 Å². The second-order valence-corrected chi connectivity index (χ2v) is 8.28. The summed E-state index contributed by atoms with van der Waals surface area (Å²) in [7, 11) is -3.47. The molecule has 1 saturated heterocycles. The Kier molecular flexibility index (Phi) is 6.59. The van der Waals surface area contributed by atoms with Crippen LogP contribution in [0.1, 0.15) is 25.8 Å². The van der Waals surface area contributed by atoms with Crippen LogP contribution in [0.4, 0.5) is 0 Å². The molecule has 0 aromatic heterocycles. The summed E-state index contributed by atoms with van der Waals surface area (Å²) in [6, 6.07) is 7.29. The van der Waals surface area contributed by atoms with E-state index in [1.165, 1.54) is 0 Å². The van der Waals surface area contributed by atoms with Gasteiger partial charge in [0.15, 0.2) is 0 Å². The van der Waals surface area contributed by atoms with E-state index in [0.29, 0.717) is 17.4 Å². The maximum atomic E-state index is 12.6. The van der Waals surface area contributed by atoms with E-state index in [9.17, 15) is 8.42 Å². The number of aryl methyl sites for hydroxylation is 1. The van der Waals surface area contributed by atoms with Crippen molar-refractivity contribution in [1.29, 1.82) is 0 Å². The fourth-order valence-corrected chi connectivity index (χ4v) is 4.31. The highest BCUT2D eigenvalue weighted by Crippen LogP contribution is 2.16. The number of benzene rings is 1. The lowest BCUT2D eigenvalue weighted by Crippen LogP contribution is -2.49. The Morgan fingerprint density at radius 3 is 2.48 bits per heavy atom. The molecule has 6 heteroatoms. The molecule has 1 unspecified atom stereocenters. The molecule has 0 spiro atoms. The standard InChI is InChI=1S/C17H28N2O3S/c1-14(2)12-16(19-8-10-22-11-9-19)13-18-23(20,21)17-7-5-4-6-15(17)3/h4-7,14,16,18H,8-13H2,1-3H3. The number of nitrogens with zero attached hydrogens (tertiary/aromatic N) is 1. The topological polar surface area (TPSA) is 58.6 Å². The first kappa shape index (κ1) is 18.4. The number of morpholine rings is 1. The quantitative estimate of drug-likeness (QED) is 0.825. The lowest BCUT2D eigenvalue weighted by atomic mass is 10.0. The molecule has 0 bridgehead atoms. The lowest BCUT2D eigenvalue weighted by Gasteiger charge is -2.35. The van der Waals surface area contributed by atoms with Crippen LogP contribution in [0.3, 0.4) is 0 Å². The Morgan fingerprint density at radius 1 is 1.22 bits per heavy atom. The first-order valence-corrected chi connectivity index (χ1v) is 9.75. The molecule has 5 nitrogen and oxygen atoms in total. The Morgan fingerprint density at radius 2 is 1.87 bits per heavy atom. The lowest BCUT2D eigenvalue weighted by molar-refractivity contribution is 0.0134. The molecule has 1 fully saturated rings. The van der Waals surface area contributed by atoms with Crippen molar-refractivity contribution in [3.8, 4) is 0 Å². The van der Waals surface area contributed by atoms with E-state index < -0.39 is 10.0 Å². The van der Waals surface area contributed by atoms with Crippen molar-refractivity contribution in [2.75, 3.05) is 32.8 Å². The van der Waals surface area contributed by atoms with Crippen LogP contribution in [0.15, 0.2) is 29.2 Å². The third kappa shape index (κ3) is 5.28. The third-order valence-corrected chi connectivity index (χ3v) is 5.78. The van der Waals surface area contributed by atoms with Crippen molar-refractivity contribution in [3.05, 3.63) is 29.8 Å². The van der Waals surface area contributed by atoms with E-state index in [0.717, 1.165) is 38.3 Å². The van der Waals surface area contributed by atoms with Gasteiger partial charge < -0.3 is 4.74 Å². The Bertz CT molecular complexity index is 596. The summed E-state index contributed by atoms with van der Waals surface area (Å²) in [6.07, 6.45) is 0.969. The van der Waals surface area contributed by atoms with Gasteiger partial charge in [0.2, 0.25) is 10.0 Å². The summed E-state index contributed by atoms with van der Waals surface area (Å²) in [6.45, 7) is 9.77. The Balaban J connectivity index is 2.06. The van der Waals surface area contributed by atoms with Crippen LogP contribution in [0.5, 0.6) is 0 Å². The minimum absolute atomic E-state index is 0.206. The zero-order chi connectivity index (χ0) is 16.9. The zero-order valence-corrected chi connectivity index (χ0v) is 15.1. The highest BCUT2D eigenvalue weighted by molar-refractivity contribution is 7.89. The number of hydrogen-bond donors (Lipinski definition) is 1. The second-order valence-electron chi connectivity index (χ2n) is 6.55. The molecule has 1 N–H and O–H groups in total. The van der Waals surface area contributed by atoms with Crippen molar-refractivity contribution in [3.63, 3.8) is 0 Å². The van der Waals surface area contributed by atoms with Crippen LogP contribution in [0.25, 0.3) is 0 Å².